The van der Waals surface area contributed by atoms with Crippen LogP contribution in [0.5, 0.6) is 11.5 Å². The van der Waals surface area contributed by atoms with Crippen molar-refractivity contribution in [3.05, 3.63) is 108 Å². The minimum Gasteiger partial charge on any atom is -0.495 e. The molecule has 0 aliphatic carbocycles. The first-order valence-corrected chi connectivity index (χ1v) is 11.9. The third kappa shape index (κ3) is 5.76. The molecule has 0 saturated heterocycles. The lowest BCUT2D eigenvalue weighted by Gasteiger charge is -2.14. The highest BCUT2D eigenvalue weighted by molar-refractivity contribution is 7.80. The van der Waals surface area contributed by atoms with Crippen molar-refractivity contribution in [1.82, 2.24) is 10.3 Å². The average molecular weight is 510 g/mol. The summed E-state index contributed by atoms with van der Waals surface area (Å²) in [7, 11) is 1.56. The van der Waals surface area contributed by atoms with E-state index in [1.54, 1.807) is 43.5 Å². The van der Waals surface area contributed by atoms with Crippen LogP contribution < -0.4 is 20.1 Å². The fourth-order valence-electron chi connectivity index (χ4n) is 3.71. The molecule has 5 aromatic rings. The van der Waals surface area contributed by atoms with Gasteiger partial charge in [-0.3, -0.25) is 10.1 Å². The number of hydrogen-bond donors (Lipinski definition) is 2. The number of carbonyl (C=O) groups excluding carboxylic acids is 1. The van der Waals surface area contributed by atoms with E-state index in [0.717, 1.165) is 16.6 Å². The second kappa shape index (κ2) is 10.9. The number of carbonyl (C=O) groups is 1. The van der Waals surface area contributed by atoms with E-state index < -0.39 is 0 Å². The number of fused-ring (bicyclic) bond motifs is 1. The molecule has 4 aromatic carbocycles. The summed E-state index contributed by atoms with van der Waals surface area (Å²) in [5.41, 5.74) is 4.28. The molecule has 37 heavy (non-hydrogen) atoms. The Kier molecular flexibility index (Phi) is 7.09. The first-order chi connectivity index (χ1) is 18.1. The third-order valence-electron chi connectivity index (χ3n) is 5.58. The summed E-state index contributed by atoms with van der Waals surface area (Å²) in [6.45, 7) is 0.449. The Labute approximate surface area is 219 Å². The second-order valence-electron chi connectivity index (χ2n) is 8.11. The predicted molar refractivity (Wildman–Crippen MR) is 147 cm³/mol. The van der Waals surface area contributed by atoms with E-state index in [9.17, 15) is 4.79 Å². The number of aromatic nitrogens is 1. The molecule has 1 aromatic heterocycles. The van der Waals surface area contributed by atoms with Crippen molar-refractivity contribution in [1.29, 1.82) is 0 Å². The summed E-state index contributed by atoms with van der Waals surface area (Å²) in [6.07, 6.45) is 0. The lowest BCUT2D eigenvalue weighted by Crippen LogP contribution is -2.34. The topological polar surface area (TPSA) is 85.6 Å². The highest BCUT2D eigenvalue weighted by Gasteiger charge is 2.14. The minimum absolute atomic E-state index is 0.127. The smallest absolute Gasteiger partial charge is 0.257 e. The van der Waals surface area contributed by atoms with Gasteiger partial charge >= 0.3 is 0 Å². The molecule has 7 nitrogen and oxygen atoms in total. The monoisotopic (exact) mass is 509 g/mol. The Bertz CT molecular complexity index is 1520. The van der Waals surface area contributed by atoms with E-state index in [2.05, 4.69) is 15.6 Å². The molecule has 184 valence electrons. The Balaban J connectivity index is 1.23. The van der Waals surface area contributed by atoms with Crippen molar-refractivity contribution >= 4 is 40.0 Å². The Hall–Kier alpha value is -4.69. The number of oxazole rings is 1. The molecule has 0 aliphatic heterocycles. The molecule has 5 rings (SSSR count). The number of nitrogens with zero attached hydrogens (tertiary/aromatic N) is 1. The number of anilines is 1. The number of hydrogen-bond acceptors (Lipinski definition) is 6. The van der Waals surface area contributed by atoms with Gasteiger partial charge in [-0.05, 0) is 72.4 Å². The molecular weight excluding hydrogens is 486 g/mol. The minimum atomic E-state index is -0.346. The lowest BCUT2D eigenvalue weighted by molar-refractivity contribution is 0.0977. The van der Waals surface area contributed by atoms with E-state index in [1.807, 2.05) is 60.7 Å². The molecular formula is C29H23N3O4S. The number of amides is 1. The normalized spacial score (nSPS) is 10.6. The first kappa shape index (κ1) is 24.0. The zero-order valence-corrected chi connectivity index (χ0v) is 20.7. The molecule has 8 heteroatoms. The summed E-state index contributed by atoms with van der Waals surface area (Å²) >= 11 is 5.39. The quantitative estimate of drug-likeness (QED) is 0.252. The van der Waals surface area contributed by atoms with Crippen molar-refractivity contribution in [2.24, 2.45) is 0 Å². The SMILES string of the molecule is COc1ccc(-c2nc3ccccc3o2)cc1NC(=S)NC(=O)c1ccc(OCc2ccccc2)cc1. The number of methoxy groups -OCH3 is 1. The summed E-state index contributed by atoms with van der Waals surface area (Å²) in [5, 5.41) is 5.86. The number of thiocarbonyl (C=S) groups is 1. The third-order valence-corrected chi connectivity index (χ3v) is 5.78. The van der Waals surface area contributed by atoms with Crippen molar-refractivity contribution in [3.63, 3.8) is 0 Å². The fraction of sp³-hybridized carbons (Fsp3) is 0.0690. The van der Waals surface area contributed by atoms with Crippen LogP contribution in [0.3, 0.4) is 0 Å². The molecule has 0 aliphatic rings. The van der Waals surface area contributed by atoms with E-state index in [1.165, 1.54) is 0 Å². The first-order valence-electron chi connectivity index (χ1n) is 11.5. The predicted octanol–water partition coefficient (Wildman–Crippen LogP) is 6.21. The van der Waals surface area contributed by atoms with Gasteiger partial charge in [0.05, 0.1) is 12.8 Å². The van der Waals surface area contributed by atoms with Crippen molar-refractivity contribution in [2.75, 3.05) is 12.4 Å². The maximum absolute atomic E-state index is 12.7. The van der Waals surface area contributed by atoms with Gasteiger partial charge in [-0.25, -0.2) is 4.98 Å². The van der Waals surface area contributed by atoms with Crippen LogP contribution in [-0.4, -0.2) is 23.1 Å². The van der Waals surface area contributed by atoms with Crippen LogP contribution in [-0.2, 0) is 6.61 Å². The van der Waals surface area contributed by atoms with Crippen molar-refractivity contribution < 1.29 is 18.7 Å². The number of para-hydroxylation sites is 2. The van der Waals surface area contributed by atoms with Crippen LogP contribution >= 0.6 is 12.2 Å². The van der Waals surface area contributed by atoms with Crippen LogP contribution in [0.1, 0.15) is 15.9 Å². The molecule has 0 fully saturated rings. The van der Waals surface area contributed by atoms with Gasteiger partial charge < -0.3 is 19.2 Å². The van der Waals surface area contributed by atoms with Gasteiger partial charge in [-0.1, -0.05) is 42.5 Å². The Morgan fingerprint density at radius 1 is 0.946 bits per heavy atom. The van der Waals surface area contributed by atoms with Crippen LogP contribution in [0.15, 0.2) is 101 Å². The van der Waals surface area contributed by atoms with Crippen molar-refractivity contribution in [3.8, 4) is 23.0 Å². The molecule has 0 radical (unpaired) electrons. The molecule has 0 spiro atoms. The van der Waals surface area contributed by atoms with E-state index in [0.29, 0.717) is 40.8 Å². The molecule has 1 amide bonds. The maximum Gasteiger partial charge on any atom is 0.257 e. The van der Waals surface area contributed by atoms with E-state index in [-0.39, 0.29) is 11.0 Å². The highest BCUT2D eigenvalue weighted by Crippen LogP contribution is 2.32. The standard InChI is InChI=1S/C29H23N3O4S/c1-34-25-16-13-21(28-30-23-9-5-6-10-26(23)36-28)17-24(25)31-29(37)32-27(33)20-11-14-22(15-12-20)35-18-19-7-3-2-4-8-19/h2-17H,18H2,1H3,(H2,31,32,33,37). The van der Waals surface area contributed by atoms with Gasteiger partial charge in [-0.15, -0.1) is 0 Å². The number of rotatable bonds is 7. The van der Waals surface area contributed by atoms with Gasteiger partial charge in [-0.2, -0.15) is 0 Å². The Morgan fingerprint density at radius 3 is 2.46 bits per heavy atom. The maximum atomic E-state index is 12.7. The summed E-state index contributed by atoms with van der Waals surface area (Å²) < 4.78 is 17.1. The lowest BCUT2D eigenvalue weighted by atomic mass is 10.2. The molecule has 0 unspecified atom stereocenters. The molecule has 0 atom stereocenters. The number of ether oxygens (including phenoxy) is 2. The zero-order chi connectivity index (χ0) is 25.6. The van der Waals surface area contributed by atoms with Gasteiger partial charge in [0.1, 0.15) is 23.6 Å². The summed E-state index contributed by atoms with van der Waals surface area (Å²) in [6, 6.07) is 29.7. The molecule has 1 heterocycles. The highest BCUT2D eigenvalue weighted by atomic mass is 32.1. The van der Waals surface area contributed by atoms with Crippen LogP contribution in [0, 0.1) is 0 Å². The molecule has 0 saturated carbocycles. The van der Waals surface area contributed by atoms with Gasteiger partial charge in [0, 0.05) is 11.1 Å². The van der Waals surface area contributed by atoms with Gasteiger partial charge in [0.15, 0.2) is 10.7 Å². The van der Waals surface area contributed by atoms with Crippen LogP contribution in [0.2, 0.25) is 0 Å². The second-order valence-corrected chi connectivity index (χ2v) is 8.52. The summed E-state index contributed by atoms with van der Waals surface area (Å²) in [4.78, 5) is 17.3. The number of nitrogens with one attached hydrogen (secondary N) is 2. The molecule has 2 N–H and O–H groups in total. The van der Waals surface area contributed by atoms with Gasteiger partial charge in [0.2, 0.25) is 5.89 Å². The average Bonchev–Trinajstić information content (AvgIpc) is 3.37. The number of benzene rings is 4. The van der Waals surface area contributed by atoms with E-state index >= 15 is 0 Å². The Morgan fingerprint density at radius 2 is 1.70 bits per heavy atom. The summed E-state index contributed by atoms with van der Waals surface area (Å²) in [5.74, 6) is 1.34. The largest absolute Gasteiger partial charge is 0.495 e. The zero-order valence-electron chi connectivity index (χ0n) is 19.9. The fourth-order valence-corrected chi connectivity index (χ4v) is 3.91. The van der Waals surface area contributed by atoms with Crippen LogP contribution in [0.25, 0.3) is 22.6 Å². The molecule has 0 bridgehead atoms. The van der Waals surface area contributed by atoms with Crippen molar-refractivity contribution in [2.45, 2.75) is 6.61 Å². The van der Waals surface area contributed by atoms with E-state index in [4.69, 9.17) is 26.1 Å². The van der Waals surface area contributed by atoms with Gasteiger partial charge in [0.25, 0.3) is 5.91 Å². The van der Waals surface area contributed by atoms with Crippen LogP contribution in [0.4, 0.5) is 5.69 Å².